The van der Waals surface area contributed by atoms with Crippen LogP contribution in [-0.4, -0.2) is 31.5 Å². The molecule has 0 aromatic heterocycles. The van der Waals surface area contributed by atoms with Crippen LogP contribution >= 0.6 is 0 Å². The average Bonchev–Trinajstić information content (AvgIpc) is 2.26. The number of aryl methyl sites for hydroxylation is 1. The number of methoxy groups -OCH3 is 1. The number of rotatable bonds is 5. The number of benzene rings is 1. The molecule has 1 atom stereocenters. The van der Waals surface area contributed by atoms with E-state index in [9.17, 15) is 5.11 Å². The molecule has 1 N–H and O–H groups in total. The van der Waals surface area contributed by atoms with E-state index < -0.39 is 6.10 Å². The van der Waals surface area contributed by atoms with Gasteiger partial charge < -0.3 is 14.6 Å². The van der Waals surface area contributed by atoms with Gasteiger partial charge in [-0.25, -0.2) is 0 Å². The second-order valence-electron chi connectivity index (χ2n) is 5.67. The summed E-state index contributed by atoms with van der Waals surface area (Å²) in [5.41, 5.74) is 2.39. The minimum absolute atomic E-state index is 0.0214. The largest absolute Gasteiger partial charge is 0.490 e. The van der Waals surface area contributed by atoms with Gasteiger partial charge in [-0.05, 0) is 24.0 Å². The highest BCUT2D eigenvalue weighted by atomic mass is 16.5. The second-order valence-corrected chi connectivity index (χ2v) is 5.67. The lowest BCUT2D eigenvalue weighted by Gasteiger charge is -2.24. The van der Waals surface area contributed by atoms with Crippen LogP contribution in [0.25, 0.3) is 0 Å². The Kier molecular flexibility index (Phi) is 5.17. The van der Waals surface area contributed by atoms with Crippen LogP contribution in [0.15, 0.2) is 18.2 Å². The summed E-state index contributed by atoms with van der Waals surface area (Å²) >= 11 is 0. The first-order chi connectivity index (χ1) is 8.34. The molecule has 1 aromatic rings. The number of ether oxygens (including phenoxy) is 2. The zero-order valence-corrected chi connectivity index (χ0v) is 12.0. The molecule has 0 radical (unpaired) electrons. The van der Waals surface area contributed by atoms with Crippen LogP contribution in [0.5, 0.6) is 5.75 Å². The van der Waals surface area contributed by atoms with Crippen molar-refractivity contribution >= 4 is 0 Å². The lowest BCUT2D eigenvalue weighted by atomic mass is 9.85. The third-order valence-electron chi connectivity index (χ3n) is 2.73. The van der Waals surface area contributed by atoms with E-state index in [-0.39, 0.29) is 18.6 Å². The number of hydrogen-bond acceptors (Lipinski definition) is 3. The van der Waals surface area contributed by atoms with E-state index in [2.05, 4.69) is 33.8 Å². The summed E-state index contributed by atoms with van der Waals surface area (Å²) in [6, 6.07) is 6.13. The molecule has 0 bridgehead atoms. The van der Waals surface area contributed by atoms with Gasteiger partial charge in [0.15, 0.2) is 0 Å². The Hall–Kier alpha value is -1.06. The molecule has 0 aliphatic carbocycles. The molecule has 0 saturated carbocycles. The summed E-state index contributed by atoms with van der Waals surface area (Å²) in [7, 11) is 1.57. The predicted octanol–water partition coefficient (Wildman–Crippen LogP) is 2.68. The maximum absolute atomic E-state index is 9.61. The minimum Gasteiger partial charge on any atom is -0.490 e. The monoisotopic (exact) mass is 252 g/mol. The quantitative estimate of drug-likeness (QED) is 0.875. The molecule has 0 saturated heterocycles. The van der Waals surface area contributed by atoms with E-state index in [1.54, 1.807) is 7.11 Å². The maximum atomic E-state index is 9.61. The Bertz CT molecular complexity index is 380. The number of aliphatic hydroxyl groups is 1. The Morgan fingerprint density at radius 1 is 1.22 bits per heavy atom. The van der Waals surface area contributed by atoms with E-state index in [1.165, 1.54) is 5.56 Å². The summed E-state index contributed by atoms with van der Waals surface area (Å²) < 4.78 is 10.6. The van der Waals surface area contributed by atoms with E-state index in [0.717, 1.165) is 11.3 Å². The maximum Gasteiger partial charge on any atom is 0.123 e. The number of hydrogen-bond donors (Lipinski definition) is 1. The van der Waals surface area contributed by atoms with Crippen molar-refractivity contribution in [2.24, 2.45) is 0 Å². The summed E-state index contributed by atoms with van der Waals surface area (Å²) in [5.74, 6) is 0.836. The highest BCUT2D eigenvalue weighted by molar-refractivity contribution is 5.41. The highest BCUT2D eigenvalue weighted by Gasteiger charge is 2.19. The lowest BCUT2D eigenvalue weighted by Crippen LogP contribution is -2.24. The molecule has 3 nitrogen and oxygen atoms in total. The molecular weight excluding hydrogens is 228 g/mol. The van der Waals surface area contributed by atoms with Crippen molar-refractivity contribution in [1.29, 1.82) is 0 Å². The standard InChI is InChI=1S/C15H24O3/c1-11-6-7-14(13(8-11)15(2,3)4)18-10-12(16)9-17-5/h6-8,12,16H,9-10H2,1-5H3. The summed E-state index contributed by atoms with van der Waals surface area (Å²) in [4.78, 5) is 0. The van der Waals surface area contributed by atoms with Gasteiger partial charge in [0.1, 0.15) is 18.5 Å². The van der Waals surface area contributed by atoms with Gasteiger partial charge in [0.25, 0.3) is 0 Å². The minimum atomic E-state index is -0.593. The molecule has 102 valence electrons. The van der Waals surface area contributed by atoms with Crippen molar-refractivity contribution in [2.75, 3.05) is 20.3 Å². The molecule has 0 amide bonds. The molecule has 0 aliphatic rings. The zero-order chi connectivity index (χ0) is 13.8. The van der Waals surface area contributed by atoms with Gasteiger partial charge in [-0.2, -0.15) is 0 Å². The van der Waals surface area contributed by atoms with Crippen molar-refractivity contribution in [2.45, 2.75) is 39.2 Å². The van der Waals surface area contributed by atoms with Crippen LogP contribution in [-0.2, 0) is 10.2 Å². The van der Waals surface area contributed by atoms with E-state index in [1.807, 2.05) is 12.1 Å². The fraction of sp³-hybridized carbons (Fsp3) is 0.600. The zero-order valence-electron chi connectivity index (χ0n) is 12.0. The van der Waals surface area contributed by atoms with Crippen molar-refractivity contribution < 1.29 is 14.6 Å². The molecule has 0 heterocycles. The fourth-order valence-corrected chi connectivity index (χ4v) is 1.78. The van der Waals surface area contributed by atoms with Crippen LogP contribution in [0.1, 0.15) is 31.9 Å². The van der Waals surface area contributed by atoms with Crippen LogP contribution in [0.4, 0.5) is 0 Å². The lowest BCUT2D eigenvalue weighted by molar-refractivity contribution is 0.0321. The van der Waals surface area contributed by atoms with Gasteiger partial charge >= 0.3 is 0 Å². The van der Waals surface area contributed by atoms with Crippen LogP contribution in [0.3, 0.4) is 0 Å². The van der Waals surface area contributed by atoms with Crippen LogP contribution < -0.4 is 4.74 Å². The third-order valence-corrected chi connectivity index (χ3v) is 2.73. The first kappa shape index (κ1) is 15.0. The van der Waals surface area contributed by atoms with Crippen LogP contribution in [0, 0.1) is 6.92 Å². The van der Waals surface area contributed by atoms with Crippen molar-refractivity contribution in [3.05, 3.63) is 29.3 Å². The van der Waals surface area contributed by atoms with Gasteiger partial charge in [0.05, 0.1) is 6.61 Å². The topological polar surface area (TPSA) is 38.7 Å². The first-order valence-electron chi connectivity index (χ1n) is 6.25. The highest BCUT2D eigenvalue weighted by Crippen LogP contribution is 2.32. The predicted molar refractivity (Wildman–Crippen MR) is 73.3 cm³/mol. The van der Waals surface area contributed by atoms with Crippen LogP contribution in [0.2, 0.25) is 0 Å². The summed E-state index contributed by atoms with van der Waals surface area (Å²) in [6.07, 6.45) is -0.593. The molecular formula is C15H24O3. The van der Waals surface area contributed by atoms with Gasteiger partial charge in [0.2, 0.25) is 0 Å². The Labute approximate surface area is 110 Å². The summed E-state index contributed by atoms with van der Waals surface area (Å²) in [6.45, 7) is 9.07. The molecule has 0 fully saturated rings. The molecule has 1 aromatic carbocycles. The molecule has 1 rings (SSSR count). The van der Waals surface area contributed by atoms with Gasteiger partial charge in [-0.15, -0.1) is 0 Å². The summed E-state index contributed by atoms with van der Waals surface area (Å²) in [5, 5.41) is 9.61. The van der Waals surface area contributed by atoms with Crippen molar-refractivity contribution in [1.82, 2.24) is 0 Å². The van der Waals surface area contributed by atoms with Gasteiger partial charge in [-0.1, -0.05) is 38.5 Å². The molecule has 18 heavy (non-hydrogen) atoms. The number of aliphatic hydroxyl groups excluding tert-OH is 1. The Balaban J connectivity index is 2.82. The van der Waals surface area contributed by atoms with Gasteiger partial charge in [-0.3, -0.25) is 0 Å². The smallest absolute Gasteiger partial charge is 0.123 e. The average molecular weight is 252 g/mol. The van der Waals surface area contributed by atoms with Gasteiger partial charge in [0, 0.05) is 7.11 Å². The normalized spacial score (nSPS) is 13.4. The second kappa shape index (κ2) is 6.21. The third kappa shape index (κ3) is 4.31. The molecule has 1 unspecified atom stereocenters. The Morgan fingerprint density at radius 3 is 2.44 bits per heavy atom. The fourth-order valence-electron chi connectivity index (χ4n) is 1.78. The Morgan fingerprint density at radius 2 is 1.89 bits per heavy atom. The van der Waals surface area contributed by atoms with E-state index in [0.29, 0.717) is 0 Å². The van der Waals surface area contributed by atoms with Crippen molar-refractivity contribution in [3.8, 4) is 5.75 Å². The SMILES string of the molecule is COCC(O)COc1ccc(C)cc1C(C)(C)C. The first-order valence-corrected chi connectivity index (χ1v) is 6.25. The van der Waals surface area contributed by atoms with E-state index >= 15 is 0 Å². The van der Waals surface area contributed by atoms with E-state index in [4.69, 9.17) is 9.47 Å². The molecule has 0 aliphatic heterocycles. The molecule has 0 spiro atoms. The van der Waals surface area contributed by atoms with Crippen molar-refractivity contribution in [3.63, 3.8) is 0 Å². The molecule has 3 heteroatoms.